The van der Waals surface area contributed by atoms with Gasteiger partial charge in [0.1, 0.15) is 5.82 Å². The maximum Gasteiger partial charge on any atom is 0.237 e. The van der Waals surface area contributed by atoms with E-state index in [0.29, 0.717) is 11.9 Å². The highest BCUT2D eigenvalue weighted by Crippen LogP contribution is 2.28. The number of rotatable bonds is 5. The fraction of sp³-hybridized carbons (Fsp3) is 0.538. The van der Waals surface area contributed by atoms with Crippen molar-refractivity contribution in [1.82, 2.24) is 4.98 Å². The Kier molecular flexibility index (Phi) is 4.15. The Labute approximate surface area is 107 Å². The lowest BCUT2D eigenvalue weighted by molar-refractivity contribution is -0.116. The fourth-order valence-electron chi connectivity index (χ4n) is 2.57. The van der Waals surface area contributed by atoms with Crippen molar-refractivity contribution in [2.45, 2.75) is 38.3 Å². The summed E-state index contributed by atoms with van der Waals surface area (Å²) in [6.07, 6.45) is 6.11. The third kappa shape index (κ3) is 2.79. The van der Waals surface area contributed by atoms with E-state index in [4.69, 9.17) is 5.73 Å². The summed E-state index contributed by atoms with van der Waals surface area (Å²) in [6, 6.07) is 3.91. The Morgan fingerprint density at radius 2 is 2.22 bits per heavy atom. The van der Waals surface area contributed by atoms with Crippen molar-refractivity contribution in [2.24, 2.45) is 5.73 Å². The minimum absolute atomic E-state index is 0.0782. The minimum Gasteiger partial charge on any atom is -0.392 e. The van der Waals surface area contributed by atoms with Gasteiger partial charge in [-0.3, -0.25) is 4.79 Å². The van der Waals surface area contributed by atoms with Gasteiger partial charge in [0, 0.05) is 17.8 Å². The summed E-state index contributed by atoms with van der Waals surface area (Å²) in [5.74, 6) is 0.321. The van der Waals surface area contributed by atoms with Crippen molar-refractivity contribution in [3.05, 3.63) is 23.9 Å². The van der Waals surface area contributed by atoms with Crippen LogP contribution in [0.3, 0.4) is 0 Å². The van der Waals surface area contributed by atoms with Crippen LogP contribution >= 0.6 is 0 Å². The number of primary amides is 1. The molecule has 0 unspecified atom stereocenters. The number of hydrogen-bond donors (Lipinski definition) is 2. The number of hydrogen-bond acceptors (Lipinski definition) is 4. The largest absolute Gasteiger partial charge is 0.392 e. The molecule has 1 amide bonds. The minimum atomic E-state index is -0.364. The molecular formula is C13H19N3O2. The van der Waals surface area contributed by atoms with E-state index in [0.717, 1.165) is 18.4 Å². The van der Waals surface area contributed by atoms with Crippen LogP contribution in [0, 0.1) is 0 Å². The zero-order valence-electron chi connectivity index (χ0n) is 10.4. The van der Waals surface area contributed by atoms with Crippen molar-refractivity contribution >= 4 is 11.7 Å². The van der Waals surface area contributed by atoms with Crippen molar-refractivity contribution in [2.75, 3.05) is 11.4 Å². The van der Waals surface area contributed by atoms with Crippen LogP contribution in [-0.2, 0) is 11.4 Å². The Morgan fingerprint density at radius 1 is 1.50 bits per heavy atom. The third-order valence-corrected chi connectivity index (χ3v) is 3.40. The Balaban J connectivity index is 2.29. The summed E-state index contributed by atoms with van der Waals surface area (Å²) in [7, 11) is 0. The number of aromatic nitrogens is 1. The van der Waals surface area contributed by atoms with Gasteiger partial charge >= 0.3 is 0 Å². The number of carbonyl (C=O) groups excluding carboxylic acids is 1. The van der Waals surface area contributed by atoms with Crippen LogP contribution in [0.5, 0.6) is 0 Å². The van der Waals surface area contributed by atoms with E-state index in [1.54, 1.807) is 12.3 Å². The van der Waals surface area contributed by atoms with Gasteiger partial charge in [-0.2, -0.15) is 0 Å². The van der Waals surface area contributed by atoms with Crippen molar-refractivity contribution in [3.63, 3.8) is 0 Å². The molecule has 0 aliphatic heterocycles. The van der Waals surface area contributed by atoms with Gasteiger partial charge in [-0.15, -0.1) is 0 Å². The quantitative estimate of drug-likeness (QED) is 0.809. The molecule has 98 valence electrons. The smallest absolute Gasteiger partial charge is 0.237 e. The zero-order valence-corrected chi connectivity index (χ0v) is 10.4. The molecule has 2 rings (SSSR count). The molecule has 5 heteroatoms. The van der Waals surface area contributed by atoms with Gasteiger partial charge in [0.25, 0.3) is 0 Å². The molecule has 1 aliphatic rings. The van der Waals surface area contributed by atoms with Gasteiger partial charge in [0.15, 0.2) is 0 Å². The molecule has 3 N–H and O–H groups in total. The highest BCUT2D eigenvalue weighted by Gasteiger charge is 2.26. The van der Waals surface area contributed by atoms with Crippen LogP contribution in [0.15, 0.2) is 18.3 Å². The molecule has 1 saturated carbocycles. The normalized spacial score (nSPS) is 15.8. The Bertz CT molecular complexity index is 416. The molecule has 0 aromatic carbocycles. The molecule has 1 aliphatic carbocycles. The highest BCUT2D eigenvalue weighted by atomic mass is 16.3. The standard InChI is InChI=1S/C13H19N3O2/c14-12(18)8-16(11-5-1-2-6-11)13-10(9-17)4-3-7-15-13/h3-4,7,11,17H,1-2,5-6,8-9H2,(H2,14,18). The van der Waals surface area contributed by atoms with E-state index in [9.17, 15) is 9.90 Å². The molecule has 1 aromatic heterocycles. The van der Waals surface area contributed by atoms with Gasteiger partial charge in [0.2, 0.25) is 5.91 Å². The molecule has 1 heterocycles. The lowest BCUT2D eigenvalue weighted by Gasteiger charge is -2.30. The number of aliphatic hydroxyl groups excluding tert-OH is 1. The van der Waals surface area contributed by atoms with Crippen LogP contribution in [0.25, 0.3) is 0 Å². The number of pyridine rings is 1. The molecule has 0 atom stereocenters. The lowest BCUT2D eigenvalue weighted by atomic mass is 10.1. The molecule has 5 nitrogen and oxygen atoms in total. The van der Waals surface area contributed by atoms with Crippen LogP contribution < -0.4 is 10.6 Å². The fourth-order valence-corrected chi connectivity index (χ4v) is 2.57. The summed E-state index contributed by atoms with van der Waals surface area (Å²) >= 11 is 0. The molecule has 1 fully saturated rings. The zero-order chi connectivity index (χ0) is 13.0. The first-order chi connectivity index (χ1) is 8.72. The SMILES string of the molecule is NC(=O)CN(c1ncccc1CO)C1CCCC1. The second-order valence-corrected chi connectivity index (χ2v) is 4.68. The summed E-state index contributed by atoms with van der Waals surface area (Å²) < 4.78 is 0. The van der Waals surface area contributed by atoms with Crippen LogP contribution in [0.1, 0.15) is 31.2 Å². The predicted molar refractivity (Wildman–Crippen MR) is 69.0 cm³/mol. The number of nitrogens with zero attached hydrogens (tertiary/aromatic N) is 2. The first kappa shape index (κ1) is 12.8. The maximum atomic E-state index is 11.2. The summed E-state index contributed by atoms with van der Waals surface area (Å²) in [5.41, 5.74) is 6.06. The Morgan fingerprint density at radius 3 is 2.83 bits per heavy atom. The van der Waals surface area contributed by atoms with E-state index >= 15 is 0 Å². The first-order valence-electron chi connectivity index (χ1n) is 6.32. The number of amides is 1. The molecule has 0 radical (unpaired) electrons. The average Bonchev–Trinajstić information content (AvgIpc) is 2.89. The van der Waals surface area contributed by atoms with E-state index < -0.39 is 0 Å². The van der Waals surface area contributed by atoms with Gasteiger partial charge in [-0.05, 0) is 18.9 Å². The van der Waals surface area contributed by atoms with Crippen LogP contribution in [-0.4, -0.2) is 28.6 Å². The lowest BCUT2D eigenvalue weighted by Crippen LogP contribution is -2.41. The van der Waals surface area contributed by atoms with Gasteiger partial charge in [-0.1, -0.05) is 18.9 Å². The number of aliphatic hydroxyl groups is 1. The Hall–Kier alpha value is -1.62. The summed E-state index contributed by atoms with van der Waals surface area (Å²) in [4.78, 5) is 17.5. The molecule has 18 heavy (non-hydrogen) atoms. The van der Waals surface area contributed by atoms with Crippen LogP contribution in [0.2, 0.25) is 0 Å². The third-order valence-electron chi connectivity index (χ3n) is 3.40. The molecule has 1 aromatic rings. The van der Waals surface area contributed by atoms with Gasteiger partial charge in [-0.25, -0.2) is 4.98 Å². The number of nitrogens with two attached hydrogens (primary N) is 1. The first-order valence-corrected chi connectivity index (χ1v) is 6.32. The van der Waals surface area contributed by atoms with E-state index in [1.807, 2.05) is 11.0 Å². The summed E-state index contributed by atoms with van der Waals surface area (Å²) in [6.45, 7) is 0.0832. The van der Waals surface area contributed by atoms with Crippen LogP contribution in [0.4, 0.5) is 5.82 Å². The predicted octanol–water partition coefficient (Wildman–Crippen LogP) is 0.808. The maximum absolute atomic E-state index is 11.2. The van der Waals surface area contributed by atoms with Crippen molar-refractivity contribution < 1.29 is 9.90 Å². The summed E-state index contributed by atoms with van der Waals surface area (Å²) in [5, 5.41) is 9.36. The average molecular weight is 249 g/mol. The van der Waals surface area contributed by atoms with Crippen molar-refractivity contribution in [1.29, 1.82) is 0 Å². The van der Waals surface area contributed by atoms with E-state index in [2.05, 4.69) is 4.98 Å². The van der Waals surface area contributed by atoms with Crippen molar-refractivity contribution in [3.8, 4) is 0 Å². The molecule has 0 bridgehead atoms. The molecule has 0 saturated heterocycles. The highest BCUT2D eigenvalue weighted by molar-refractivity contribution is 5.79. The second kappa shape index (κ2) is 5.82. The molecule has 0 spiro atoms. The monoisotopic (exact) mass is 249 g/mol. The van der Waals surface area contributed by atoms with E-state index in [1.165, 1.54) is 12.8 Å². The van der Waals surface area contributed by atoms with E-state index in [-0.39, 0.29) is 19.1 Å². The second-order valence-electron chi connectivity index (χ2n) is 4.68. The molecular weight excluding hydrogens is 230 g/mol. The number of carbonyl (C=O) groups is 1. The van der Waals surface area contributed by atoms with Gasteiger partial charge < -0.3 is 15.7 Å². The van der Waals surface area contributed by atoms with Gasteiger partial charge in [0.05, 0.1) is 13.2 Å². The number of anilines is 1. The topological polar surface area (TPSA) is 79.5 Å².